The van der Waals surface area contributed by atoms with Gasteiger partial charge in [-0.05, 0) is 47.7 Å². The number of hydrogen-bond acceptors (Lipinski definition) is 3. The number of nitrogens with one attached hydrogen (secondary N) is 1. The molecule has 2 aromatic carbocycles. The highest BCUT2D eigenvalue weighted by Gasteiger charge is 2.33. The monoisotopic (exact) mass is 431 g/mol. The van der Waals surface area contributed by atoms with Crippen LogP contribution in [0.2, 0.25) is 0 Å². The van der Waals surface area contributed by atoms with Crippen molar-refractivity contribution in [1.82, 2.24) is 14.8 Å². The molecule has 1 aliphatic heterocycles. The molecule has 1 atom stereocenters. The Kier molecular flexibility index (Phi) is 6.30. The van der Waals surface area contributed by atoms with Crippen molar-refractivity contribution in [2.24, 2.45) is 0 Å². The molecule has 0 saturated carbocycles. The van der Waals surface area contributed by atoms with Crippen molar-refractivity contribution in [2.45, 2.75) is 39.3 Å². The fourth-order valence-electron chi connectivity index (χ4n) is 4.21. The van der Waals surface area contributed by atoms with E-state index in [9.17, 15) is 9.59 Å². The van der Waals surface area contributed by atoms with Crippen LogP contribution in [-0.4, -0.2) is 34.6 Å². The van der Waals surface area contributed by atoms with Crippen LogP contribution in [0, 0.1) is 0 Å². The molecule has 0 spiro atoms. The molecule has 0 radical (unpaired) electrons. The van der Waals surface area contributed by atoms with Crippen LogP contribution in [0.5, 0.6) is 0 Å². The maximum Gasteiger partial charge on any atom is 0.325 e. The topological polar surface area (TPSA) is 63.6 Å². The molecular formula is C26H29N3O3. The largest absolute Gasteiger partial charge is 0.465 e. The molecule has 1 aromatic heterocycles. The molecule has 1 N–H and O–H groups in total. The highest BCUT2D eigenvalue weighted by Crippen LogP contribution is 2.36. The zero-order chi connectivity index (χ0) is 22.7. The van der Waals surface area contributed by atoms with E-state index in [4.69, 9.17) is 4.74 Å². The van der Waals surface area contributed by atoms with Gasteiger partial charge in [0.2, 0.25) is 0 Å². The van der Waals surface area contributed by atoms with Crippen LogP contribution in [-0.2, 0) is 16.1 Å². The van der Waals surface area contributed by atoms with E-state index in [2.05, 4.69) is 60.1 Å². The van der Waals surface area contributed by atoms with Crippen molar-refractivity contribution in [3.8, 4) is 5.69 Å². The molecule has 166 valence electrons. The summed E-state index contributed by atoms with van der Waals surface area (Å²) in [5, 5.41) is 2.75. The summed E-state index contributed by atoms with van der Waals surface area (Å²) in [5.74, 6) is -0.0208. The predicted octanol–water partition coefficient (Wildman–Crippen LogP) is 4.78. The molecule has 0 unspecified atom stereocenters. The van der Waals surface area contributed by atoms with Gasteiger partial charge in [0.15, 0.2) is 0 Å². The third-order valence-electron chi connectivity index (χ3n) is 5.83. The number of ether oxygens (including phenoxy) is 1. The van der Waals surface area contributed by atoms with E-state index in [1.165, 1.54) is 5.56 Å². The summed E-state index contributed by atoms with van der Waals surface area (Å²) >= 11 is 0. The zero-order valence-electron chi connectivity index (χ0n) is 18.7. The van der Waals surface area contributed by atoms with Crippen LogP contribution in [0.15, 0.2) is 66.9 Å². The quantitative estimate of drug-likeness (QED) is 0.592. The lowest BCUT2D eigenvalue weighted by Gasteiger charge is -2.31. The molecule has 2 heterocycles. The number of urea groups is 1. The minimum absolute atomic E-state index is 0.162. The van der Waals surface area contributed by atoms with Crippen LogP contribution >= 0.6 is 0 Å². The molecule has 4 rings (SSSR count). The number of nitrogens with zero attached hydrogens (tertiary/aromatic N) is 2. The van der Waals surface area contributed by atoms with E-state index < -0.39 is 5.97 Å². The van der Waals surface area contributed by atoms with Gasteiger partial charge in [-0.2, -0.15) is 0 Å². The summed E-state index contributed by atoms with van der Waals surface area (Å²) in [6.07, 6.45) is 2.03. The Hall–Kier alpha value is -3.54. The summed E-state index contributed by atoms with van der Waals surface area (Å²) in [4.78, 5) is 27.0. The van der Waals surface area contributed by atoms with Gasteiger partial charge in [-0.25, -0.2) is 4.79 Å². The Bertz CT molecular complexity index is 1100. The first-order chi connectivity index (χ1) is 15.5. The summed E-state index contributed by atoms with van der Waals surface area (Å²) in [6.45, 7) is 6.61. The molecule has 6 heteroatoms. The van der Waals surface area contributed by atoms with Gasteiger partial charge in [-0.3, -0.25) is 4.79 Å². The van der Waals surface area contributed by atoms with Crippen LogP contribution in [0.1, 0.15) is 55.1 Å². The minimum atomic E-state index is -0.447. The second kappa shape index (κ2) is 9.30. The highest BCUT2D eigenvalue weighted by molar-refractivity contribution is 5.81. The van der Waals surface area contributed by atoms with Crippen molar-refractivity contribution >= 4 is 12.0 Å². The molecule has 0 fully saturated rings. The van der Waals surface area contributed by atoms with E-state index in [0.29, 0.717) is 12.5 Å². The summed E-state index contributed by atoms with van der Waals surface area (Å²) in [7, 11) is 0. The third-order valence-corrected chi connectivity index (χ3v) is 5.83. The molecule has 2 amide bonds. The summed E-state index contributed by atoms with van der Waals surface area (Å²) < 4.78 is 7.12. The molecular weight excluding hydrogens is 402 g/mol. The molecule has 0 saturated heterocycles. The fraction of sp³-hybridized carbons (Fsp3) is 0.308. The van der Waals surface area contributed by atoms with E-state index in [0.717, 1.165) is 22.5 Å². The van der Waals surface area contributed by atoms with Gasteiger partial charge < -0.3 is 19.5 Å². The number of esters is 1. The Labute approximate surface area is 188 Å². The average Bonchev–Trinajstić information content (AvgIpc) is 3.22. The van der Waals surface area contributed by atoms with Crippen molar-refractivity contribution < 1.29 is 14.3 Å². The molecule has 0 bridgehead atoms. The predicted molar refractivity (Wildman–Crippen MR) is 124 cm³/mol. The van der Waals surface area contributed by atoms with Crippen molar-refractivity contribution in [2.75, 3.05) is 13.2 Å². The summed E-state index contributed by atoms with van der Waals surface area (Å²) in [6, 6.07) is 20.0. The number of carbonyl (C=O) groups is 2. The first-order valence-corrected chi connectivity index (χ1v) is 11.0. The number of fused-ring (bicyclic) bond motifs is 3. The highest BCUT2D eigenvalue weighted by atomic mass is 16.5. The third kappa shape index (κ3) is 4.26. The first-order valence-electron chi connectivity index (χ1n) is 11.0. The normalized spacial score (nSPS) is 15.0. The van der Waals surface area contributed by atoms with Crippen molar-refractivity contribution in [1.29, 1.82) is 0 Å². The SMILES string of the molecule is CCOC(=O)CNC(=O)N1Cc2ccccc2-n2cccc2[C@H]1c1ccc(C(C)C)cc1. The van der Waals surface area contributed by atoms with E-state index in [1.54, 1.807) is 11.8 Å². The number of hydrogen-bond donors (Lipinski definition) is 1. The van der Waals surface area contributed by atoms with Gasteiger partial charge in [0.1, 0.15) is 6.54 Å². The Morgan fingerprint density at radius 1 is 1.06 bits per heavy atom. The zero-order valence-corrected chi connectivity index (χ0v) is 18.7. The van der Waals surface area contributed by atoms with Gasteiger partial charge in [0, 0.05) is 11.9 Å². The number of benzene rings is 2. The average molecular weight is 432 g/mol. The van der Waals surface area contributed by atoms with Crippen molar-refractivity contribution in [3.63, 3.8) is 0 Å². The molecule has 3 aromatic rings. The maximum atomic E-state index is 13.4. The lowest BCUT2D eigenvalue weighted by molar-refractivity contribution is -0.141. The van der Waals surface area contributed by atoms with Gasteiger partial charge in [0.05, 0.1) is 24.9 Å². The van der Waals surface area contributed by atoms with Gasteiger partial charge in [0.25, 0.3) is 0 Å². The molecule has 32 heavy (non-hydrogen) atoms. The van der Waals surface area contributed by atoms with E-state index in [-0.39, 0.29) is 25.2 Å². The van der Waals surface area contributed by atoms with Gasteiger partial charge in [-0.15, -0.1) is 0 Å². The second-order valence-electron chi connectivity index (χ2n) is 8.25. The number of para-hydroxylation sites is 1. The van der Waals surface area contributed by atoms with Gasteiger partial charge >= 0.3 is 12.0 Å². The molecule has 0 aliphatic carbocycles. The lowest BCUT2D eigenvalue weighted by atomic mass is 9.97. The molecule has 6 nitrogen and oxygen atoms in total. The van der Waals surface area contributed by atoms with Gasteiger partial charge in [-0.1, -0.05) is 56.3 Å². The lowest BCUT2D eigenvalue weighted by Crippen LogP contribution is -2.44. The number of carbonyl (C=O) groups excluding carboxylic acids is 2. The Morgan fingerprint density at radius 2 is 1.81 bits per heavy atom. The van der Waals surface area contributed by atoms with E-state index in [1.807, 2.05) is 30.5 Å². The van der Waals surface area contributed by atoms with E-state index >= 15 is 0 Å². The first kappa shape index (κ1) is 21.7. The molecule has 1 aliphatic rings. The number of rotatable bonds is 5. The van der Waals surface area contributed by atoms with Crippen LogP contribution in [0.25, 0.3) is 5.69 Å². The standard InChI is InChI=1S/C26H29N3O3/c1-4-32-24(30)16-27-26(31)29-17-21-8-5-6-9-22(21)28-15-7-10-23(28)25(29)20-13-11-19(12-14-20)18(2)3/h5-15,18,25H,4,16-17H2,1-3H3,(H,27,31)/t25-/m1/s1. The Morgan fingerprint density at radius 3 is 2.53 bits per heavy atom. The maximum absolute atomic E-state index is 13.4. The van der Waals surface area contributed by atoms with Crippen LogP contribution < -0.4 is 5.32 Å². The second-order valence-corrected chi connectivity index (χ2v) is 8.25. The Balaban J connectivity index is 1.76. The fourth-order valence-corrected chi connectivity index (χ4v) is 4.21. The number of aromatic nitrogens is 1. The summed E-state index contributed by atoms with van der Waals surface area (Å²) in [5.41, 5.74) is 5.36. The van der Waals surface area contributed by atoms with Crippen LogP contribution in [0.4, 0.5) is 4.79 Å². The van der Waals surface area contributed by atoms with Crippen molar-refractivity contribution in [3.05, 3.63) is 89.2 Å². The van der Waals surface area contributed by atoms with Crippen LogP contribution in [0.3, 0.4) is 0 Å². The minimum Gasteiger partial charge on any atom is -0.465 e. The number of amides is 2. The smallest absolute Gasteiger partial charge is 0.325 e.